The van der Waals surface area contributed by atoms with Gasteiger partial charge in [0.2, 0.25) is 10.0 Å². The number of rotatable bonds is 4. The highest BCUT2D eigenvalue weighted by atomic mass is 32.2. The molecule has 128 valence electrons. The predicted molar refractivity (Wildman–Crippen MR) is 86.9 cm³/mol. The normalized spacial score (nSPS) is 20.0. The molecule has 2 aromatic heterocycles. The summed E-state index contributed by atoms with van der Waals surface area (Å²) < 4.78 is 47.3. The largest absolute Gasteiger partial charge is 0.419 e. The molecule has 1 aliphatic rings. The molecular formula is C15H16FN3O4S. The van der Waals surface area contributed by atoms with Gasteiger partial charge in [0, 0.05) is 31.3 Å². The number of nitrogens with zero attached hydrogens (tertiary/aromatic N) is 2. The van der Waals surface area contributed by atoms with E-state index in [4.69, 9.17) is 4.42 Å². The van der Waals surface area contributed by atoms with Gasteiger partial charge in [0.05, 0.1) is 23.0 Å². The number of pyridine rings is 1. The molecule has 9 heteroatoms. The maximum Gasteiger partial charge on any atom is 0.419 e. The summed E-state index contributed by atoms with van der Waals surface area (Å²) in [5, 5.41) is 0.518. The molecule has 7 nitrogen and oxygen atoms in total. The van der Waals surface area contributed by atoms with Crippen LogP contribution >= 0.6 is 0 Å². The Kier molecular flexibility index (Phi) is 3.83. The third-order valence-electron chi connectivity index (χ3n) is 3.91. The predicted octanol–water partition coefficient (Wildman–Crippen LogP) is -0.0354. The molecule has 1 aliphatic carbocycles. The molecule has 1 atom stereocenters. The zero-order chi connectivity index (χ0) is 17.5. The number of anilines is 1. The Morgan fingerprint density at radius 2 is 2.21 bits per heavy atom. The molecule has 0 fully saturated rings. The molecule has 2 aromatic rings. The minimum atomic E-state index is -3.48. The molecule has 2 heterocycles. The van der Waals surface area contributed by atoms with Crippen LogP contribution in [0.4, 0.5) is 10.1 Å². The number of alkyl halides is 1. The number of hydrogen-bond donors (Lipinski definition) is 1. The molecule has 1 unspecified atom stereocenters. The van der Waals surface area contributed by atoms with Crippen LogP contribution in [0.3, 0.4) is 0 Å². The van der Waals surface area contributed by atoms with E-state index in [-0.39, 0.29) is 28.8 Å². The van der Waals surface area contributed by atoms with Crippen molar-refractivity contribution in [2.45, 2.75) is 19.0 Å². The van der Waals surface area contributed by atoms with Crippen LogP contribution in [0, 0.1) is 0 Å². The average molecular weight is 353 g/mol. The van der Waals surface area contributed by atoms with Gasteiger partial charge >= 0.3 is 5.76 Å². The summed E-state index contributed by atoms with van der Waals surface area (Å²) in [7, 11) is -1.94. The third-order valence-corrected chi connectivity index (χ3v) is 5.22. The fourth-order valence-electron chi connectivity index (χ4n) is 2.51. The zero-order valence-corrected chi connectivity index (χ0v) is 13.9. The van der Waals surface area contributed by atoms with Gasteiger partial charge in [-0.05, 0) is 13.0 Å². The fraction of sp³-hybridized carbons (Fsp3) is 0.333. The summed E-state index contributed by atoms with van der Waals surface area (Å²) in [6.07, 6.45) is 5.40. The first kappa shape index (κ1) is 16.4. The van der Waals surface area contributed by atoms with Gasteiger partial charge in [0.25, 0.3) is 0 Å². The van der Waals surface area contributed by atoms with Gasteiger partial charge in [-0.15, -0.1) is 0 Å². The van der Waals surface area contributed by atoms with Gasteiger partial charge in [0.1, 0.15) is 0 Å². The van der Waals surface area contributed by atoms with Crippen LogP contribution in [0.2, 0.25) is 0 Å². The van der Waals surface area contributed by atoms with Crippen LogP contribution in [0.1, 0.15) is 18.9 Å². The van der Waals surface area contributed by atoms with Gasteiger partial charge in [-0.2, -0.15) is 0 Å². The molecule has 0 bridgehead atoms. The molecular weight excluding hydrogens is 337 g/mol. The van der Waals surface area contributed by atoms with Crippen LogP contribution in [0.5, 0.6) is 0 Å². The molecule has 0 spiro atoms. The summed E-state index contributed by atoms with van der Waals surface area (Å²) in [5.74, 6) is -0.671. The Hall–Kier alpha value is -2.42. The Labute approximate surface area is 137 Å². The third kappa shape index (κ3) is 2.86. The van der Waals surface area contributed by atoms with Crippen molar-refractivity contribution in [3.63, 3.8) is 0 Å². The van der Waals surface area contributed by atoms with Crippen molar-refractivity contribution in [2.75, 3.05) is 10.5 Å². The van der Waals surface area contributed by atoms with E-state index in [1.807, 2.05) is 0 Å². The number of nitrogens with one attached hydrogen (secondary N) is 1. The molecule has 0 aliphatic heterocycles. The Morgan fingerprint density at radius 1 is 1.46 bits per heavy atom. The van der Waals surface area contributed by atoms with Gasteiger partial charge in [-0.25, -0.2) is 17.6 Å². The summed E-state index contributed by atoms with van der Waals surface area (Å²) in [5.41, 5.74) is -1.44. The topological polar surface area (TPSA) is 94.2 Å². The van der Waals surface area contributed by atoms with Gasteiger partial charge in [-0.3, -0.25) is 14.3 Å². The maximum absolute atomic E-state index is 15.3. The summed E-state index contributed by atoms with van der Waals surface area (Å²) >= 11 is 0. The molecule has 24 heavy (non-hydrogen) atoms. The standard InChI is InChI=1S/C15H16FN3O4S/c1-3-24(21,22)18-11-6-10(8-17-9-11)15(16)5-4-12-13(7-15)23-14(20)19(12)2/h4,6-9,18H,3,5H2,1-2H3. The fourth-order valence-corrected chi connectivity index (χ4v) is 3.12. The lowest BCUT2D eigenvalue weighted by atomic mass is 9.90. The lowest BCUT2D eigenvalue weighted by Gasteiger charge is -2.22. The molecule has 0 saturated carbocycles. The van der Waals surface area contributed by atoms with Crippen molar-refractivity contribution >= 4 is 27.9 Å². The highest BCUT2D eigenvalue weighted by molar-refractivity contribution is 7.92. The average Bonchev–Trinajstić information content (AvgIpc) is 2.81. The van der Waals surface area contributed by atoms with Gasteiger partial charge in [0.15, 0.2) is 11.1 Å². The first-order valence-electron chi connectivity index (χ1n) is 7.28. The minimum absolute atomic E-state index is 0.0154. The first-order chi connectivity index (χ1) is 11.2. The van der Waals surface area contributed by atoms with Crippen molar-refractivity contribution in [1.29, 1.82) is 0 Å². The van der Waals surface area contributed by atoms with E-state index < -0.39 is 21.4 Å². The number of hydrogen-bond acceptors (Lipinski definition) is 5. The second kappa shape index (κ2) is 5.59. The number of oxazole rings is 1. The van der Waals surface area contributed by atoms with Crippen LogP contribution in [0.25, 0.3) is 12.2 Å². The quantitative estimate of drug-likeness (QED) is 0.833. The van der Waals surface area contributed by atoms with Gasteiger partial charge < -0.3 is 4.42 Å². The van der Waals surface area contributed by atoms with Crippen molar-refractivity contribution < 1.29 is 17.2 Å². The van der Waals surface area contributed by atoms with E-state index in [9.17, 15) is 13.2 Å². The van der Waals surface area contributed by atoms with E-state index in [1.54, 1.807) is 13.1 Å². The van der Waals surface area contributed by atoms with E-state index in [2.05, 4.69) is 9.71 Å². The smallest absolute Gasteiger partial charge is 0.408 e. The van der Waals surface area contributed by atoms with Crippen LogP contribution in [0.15, 0.2) is 27.7 Å². The summed E-state index contributed by atoms with van der Waals surface area (Å²) in [4.78, 5) is 15.4. The number of halogens is 1. The van der Waals surface area contributed by atoms with Crippen LogP contribution in [-0.2, 0) is 22.7 Å². The van der Waals surface area contributed by atoms with Crippen LogP contribution in [-0.4, -0.2) is 23.7 Å². The van der Waals surface area contributed by atoms with Crippen molar-refractivity contribution in [2.24, 2.45) is 7.05 Å². The number of fused-ring (bicyclic) bond motifs is 1. The summed E-state index contributed by atoms with van der Waals surface area (Å²) in [6, 6.07) is 1.39. The second-order valence-corrected chi connectivity index (χ2v) is 7.57. The zero-order valence-electron chi connectivity index (χ0n) is 13.1. The van der Waals surface area contributed by atoms with E-state index >= 15 is 4.39 Å². The van der Waals surface area contributed by atoms with E-state index in [0.717, 1.165) is 0 Å². The monoisotopic (exact) mass is 353 g/mol. The van der Waals surface area contributed by atoms with Crippen molar-refractivity contribution in [3.05, 3.63) is 45.3 Å². The van der Waals surface area contributed by atoms with E-state index in [1.165, 1.54) is 36.0 Å². The Balaban J connectivity index is 2.05. The Morgan fingerprint density at radius 3 is 2.92 bits per heavy atom. The minimum Gasteiger partial charge on any atom is -0.408 e. The SMILES string of the molecule is CCS(=O)(=O)Nc1cncc(C2(F)C=c3oc(=O)n(C)c3=CC2)c1. The molecule has 0 saturated heterocycles. The molecule has 3 rings (SSSR count). The van der Waals surface area contributed by atoms with Crippen molar-refractivity contribution in [1.82, 2.24) is 9.55 Å². The lowest BCUT2D eigenvalue weighted by molar-refractivity contribution is 0.259. The number of sulfonamides is 1. The summed E-state index contributed by atoms with van der Waals surface area (Å²) in [6.45, 7) is 1.50. The van der Waals surface area contributed by atoms with E-state index in [0.29, 0.717) is 5.35 Å². The molecule has 0 aromatic carbocycles. The number of aromatic nitrogens is 2. The lowest BCUT2D eigenvalue weighted by Crippen LogP contribution is -2.36. The van der Waals surface area contributed by atoms with Crippen LogP contribution < -0.4 is 21.2 Å². The van der Waals surface area contributed by atoms with Crippen molar-refractivity contribution in [3.8, 4) is 0 Å². The Bertz CT molecular complexity index is 1070. The van der Waals surface area contributed by atoms with Gasteiger partial charge in [-0.1, -0.05) is 6.08 Å². The maximum atomic E-state index is 15.3. The molecule has 1 N–H and O–H groups in total. The highest BCUT2D eigenvalue weighted by Crippen LogP contribution is 2.34. The first-order valence-corrected chi connectivity index (χ1v) is 8.93. The molecule has 0 radical (unpaired) electrons. The molecule has 0 amide bonds. The second-order valence-electron chi connectivity index (χ2n) is 5.56. The highest BCUT2D eigenvalue weighted by Gasteiger charge is 2.32.